The number of ether oxygens (including phenoxy) is 1. The second kappa shape index (κ2) is 11.8. The molecule has 2 aromatic carbocycles. The average Bonchev–Trinajstić information content (AvgIpc) is 2.62. The van der Waals surface area contributed by atoms with Crippen LogP contribution in [0.4, 0.5) is 4.39 Å². The van der Waals surface area contributed by atoms with Crippen LogP contribution in [0.2, 0.25) is 0 Å². The van der Waals surface area contributed by atoms with E-state index in [0.29, 0.717) is 32.3 Å². The highest BCUT2D eigenvalue weighted by Gasteiger charge is 2.04. The van der Waals surface area contributed by atoms with Crippen molar-refractivity contribution in [3.05, 3.63) is 71.0 Å². The minimum absolute atomic E-state index is 0. The fourth-order valence-corrected chi connectivity index (χ4v) is 2.27. The number of aliphatic imine (C=N–C) groups is 1. The van der Waals surface area contributed by atoms with Gasteiger partial charge in [-0.1, -0.05) is 36.4 Å². The fraction of sp³-hybridized carbons (Fsp3) is 0.316. The molecule has 0 amide bonds. The highest BCUT2D eigenvalue weighted by molar-refractivity contribution is 14.0. The van der Waals surface area contributed by atoms with Crippen molar-refractivity contribution < 1.29 is 9.13 Å². The molecule has 0 bridgehead atoms. The molecule has 6 heteroatoms. The van der Waals surface area contributed by atoms with Crippen LogP contribution in [-0.4, -0.2) is 19.6 Å². The van der Waals surface area contributed by atoms with Crippen molar-refractivity contribution in [3.8, 4) is 0 Å². The van der Waals surface area contributed by atoms with E-state index in [1.54, 1.807) is 19.2 Å². The zero-order chi connectivity index (χ0) is 17.2. The van der Waals surface area contributed by atoms with Gasteiger partial charge in [0.05, 0.1) is 6.61 Å². The Morgan fingerprint density at radius 3 is 2.28 bits per heavy atom. The largest absolute Gasteiger partial charge is 0.377 e. The zero-order valence-corrected chi connectivity index (χ0v) is 16.9. The number of hydrogen-bond donors (Lipinski definition) is 2. The molecule has 0 saturated heterocycles. The molecule has 136 valence electrons. The van der Waals surface area contributed by atoms with Crippen molar-refractivity contribution in [1.29, 1.82) is 0 Å². The van der Waals surface area contributed by atoms with Gasteiger partial charge in [0.15, 0.2) is 5.96 Å². The van der Waals surface area contributed by atoms with Gasteiger partial charge in [0.25, 0.3) is 0 Å². The first-order chi connectivity index (χ1) is 11.7. The molecule has 0 heterocycles. The van der Waals surface area contributed by atoms with Crippen molar-refractivity contribution in [2.75, 3.05) is 13.7 Å². The van der Waals surface area contributed by atoms with Gasteiger partial charge in [-0.25, -0.2) is 4.39 Å². The molecule has 2 aromatic rings. The summed E-state index contributed by atoms with van der Waals surface area (Å²) in [7, 11) is 1.73. The third kappa shape index (κ3) is 7.39. The first-order valence-corrected chi connectivity index (χ1v) is 8.06. The molecular formula is C19H25FIN3O. The number of benzene rings is 2. The zero-order valence-electron chi connectivity index (χ0n) is 14.6. The molecule has 0 fully saturated rings. The monoisotopic (exact) mass is 457 g/mol. The molecule has 0 aromatic heterocycles. The molecule has 0 atom stereocenters. The molecule has 0 aliphatic rings. The van der Waals surface area contributed by atoms with Crippen LogP contribution in [0, 0.1) is 5.82 Å². The van der Waals surface area contributed by atoms with E-state index < -0.39 is 0 Å². The van der Waals surface area contributed by atoms with E-state index in [4.69, 9.17) is 4.74 Å². The molecule has 2 rings (SSSR count). The molecule has 4 nitrogen and oxygen atoms in total. The van der Waals surface area contributed by atoms with E-state index in [1.807, 2.05) is 19.1 Å². The van der Waals surface area contributed by atoms with Crippen molar-refractivity contribution in [3.63, 3.8) is 0 Å². The van der Waals surface area contributed by atoms with Crippen LogP contribution in [0.1, 0.15) is 23.6 Å². The summed E-state index contributed by atoms with van der Waals surface area (Å²) in [6, 6.07) is 14.6. The van der Waals surface area contributed by atoms with E-state index in [-0.39, 0.29) is 29.8 Å². The summed E-state index contributed by atoms with van der Waals surface area (Å²) in [6.45, 7) is 4.54. The normalized spacial score (nSPS) is 10.9. The van der Waals surface area contributed by atoms with Gasteiger partial charge in [-0.3, -0.25) is 4.99 Å². The molecule has 0 saturated carbocycles. The summed E-state index contributed by atoms with van der Waals surface area (Å²) in [5.41, 5.74) is 3.34. The Bertz CT molecular complexity index is 662. The van der Waals surface area contributed by atoms with E-state index >= 15 is 0 Å². The predicted octanol–water partition coefficient (Wildman–Crippen LogP) is 3.85. The summed E-state index contributed by atoms with van der Waals surface area (Å²) < 4.78 is 18.4. The standard InChI is InChI=1S/C19H24FN3O.HI/c1-3-24-14-17-7-5-4-6-16(17)13-23-19(21-2)22-12-15-8-10-18(20)11-9-15;/h4-11H,3,12-14H2,1-2H3,(H2,21,22,23);1H. The van der Waals surface area contributed by atoms with Crippen LogP contribution < -0.4 is 10.6 Å². The van der Waals surface area contributed by atoms with E-state index in [9.17, 15) is 4.39 Å². The van der Waals surface area contributed by atoms with Gasteiger partial charge in [0.1, 0.15) is 5.82 Å². The maximum atomic E-state index is 12.9. The van der Waals surface area contributed by atoms with Crippen LogP contribution in [0.15, 0.2) is 53.5 Å². The number of hydrogen-bond acceptors (Lipinski definition) is 2. The van der Waals surface area contributed by atoms with Gasteiger partial charge in [-0.2, -0.15) is 0 Å². The Kier molecular flexibility index (Phi) is 10.1. The highest BCUT2D eigenvalue weighted by Crippen LogP contribution is 2.10. The summed E-state index contributed by atoms with van der Waals surface area (Å²) in [6.07, 6.45) is 0. The Morgan fingerprint density at radius 1 is 1.00 bits per heavy atom. The molecule has 0 aliphatic heterocycles. The lowest BCUT2D eigenvalue weighted by Crippen LogP contribution is -2.36. The van der Waals surface area contributed by atoms with Gasteiger partial charge in [-0.05, 0) is 35.7 Å². The second-order valence-corrected chi connectivity index (χ2v) is 5.31. The Hall–Kier alpha value is -1.67. The minimum atomic E-state index is -0.229. The summed E-state index contributed by atoms with van der Waals surface area (Å²) >= 11 is 0. The van der Waals surface area contributed by atoms with Crippen LogP contribution in [-0.2, 0) is 24.4 Å². The van der Waals surface area contributed by atoms with Crippen LogP contribution in [0.5, 0.6) is 0 Å². The number of rotatable bonds is 7. The first kappa shape index (κ1) is 21.4. The molecule has 0 unspecified atom stereocenters. The number of guanidine groups is 1. The van der Waals surface area contributed by atoms with E-state index in [2.05, 4.69) is 27.8 Å². The second-order valence-electron chi connectivity index (χ2n) is 5.31. The summed E-state index contributed by atoms with van der Waals surface area (Å²) in [4.78, 5) is 4.22. The van der Waals surface area contributed by atoms with E-state index in [0.717, 1.165) is 5.56 Å². The van der Waals surface area contributed by atoms with Crippen molar-refractivity contribution in [2.45, 2.75) is 26.6 Å². The lowest BCUT2D eigenvalue weighted by molar-refractivity contribution is 0.133. The van der Waals surface area contributed by atoms with Gasteiger partial charge in [0.2, 0.25) is 0 Å². The molecule has 0 spiro atoms. The van der Waals surface area contributed by atoms with Gasteiger partial charge >= 0.3 is 0 Å². The average molecular weight is 457 g/mol. The molecule has 2 N–H and O–H groups in total. The Balaban J connectivity index is 0.00000312. The highest BCUT2D eigenvalue weighted by atomic mass is 127. The van der Waals surface area contributed by atoms with Crippen molar-refractivity contribution in [1.82, 2.24) is 10.6 Å². The van der Waals surface area contributed by atoms with Crippen molar-refractivity contribution >= 4 is 29.9 Å². The van der Waals surface area contributed by atoms with Gasteiger partial charge in [-0.15, -0.1) is 24.0 Å². The quantitative estimate of drug-likeness (QED) is 0.377. The first-order valence-electron chi connectivity index (χ1n) is 8.06. The number of nitrogens with zero attached hydrogens (tertiary/aromatic N) is 1. The summed E-state index contributed by atoms with van der Waals surface area (Å²) in [5, 5.41) is 6.52. The van der Waals surface area contributed by atoms with Crippen LogP contribution in [0.3, 0.4) is 0 Å². The Labute approximate surface area is 165 Å². The smallest absolute Gasteiger partial charge is 0.191 e. The van der Waals surface area contributed by atoms with Gasteiger partial charge in [0, 0.05) is 26.7 Å². The molecule has 0 aliphatic carbocycles. The van der Waals surface area contributed by atoms with E-state index in [1.165, 1.54) is 23.3 Å². The third-order valence-electron chi connectivity index (χ3n) is 3.62. The third-order valence-corrected chi connectivity index (χ3v) is 3.62. The summed E-state index contributed by atoms with van der Waals surface area (Å²) in [5.74, 6) is 0.470. The lowest BCUT2D eigenvalue weighted by Gasteiger charge is -2.14. The molecule has 25 heavy (non-hydrogen) atoms. The topological polar surface area (TPSA) is 45.6 Å². The Morgan fingerprint density at radius 2 is 1.64 bits per heavy atom. The maximum absolute atomic E-state index is 12.9. The maximum Gasteiger partial charge on any atom is 0.191 e. The van der Waals surface area contributed by atoms with Gasteiger partial charge < -0.3 is 15.4 Å². The van der Waals surface area contributed by atoms with Crippen LogP contribution in [0.25, 0.3) is 0 Å². The van der Waals surface area contributed by atoms with Crippen LogP contribution >= 0.6 is 24.0 Å². The number of halogens is 2. The fourth-order valence-electron chi connectivity index (χ4n) is 2.27. The number of nitrogens with one attached hydrogen (secondary N) is 2. The molecule has 0 radical (unpaired) electrons. The minimum Gasteiger partial charge on any atom is -0.377 e. The lowest BCUT2D eigenvalue weighted by atomic mass is 10.1. The van der Waals surface area contributed by atoms with Crippen molar-refractivity contribution in [2.24, 2.45) is 4.99 Å². The molecular weight excluding hydrogens is 432 g/mol. The SMILES string of the molecule is CCOCc1ccccc1CNC(=NC)NCc1ccc(F)cc1.I. The predicted molar refractivity (Wildman–Crippen MR) is 111 cm³/mol.